The van der Waals surface area contributed by atoms with Crippen LogP contribution in [0.25, 0.3) is 11.0 Å². The molecule has 0 aliphatic carbocycles. The fraction of sp³-hybridized carbons (Fsp3) is 0.438. The van der Waals surface area contributed by atoms with Crippen molar-refractivity contribution in [1.82, 2.24) is 10.2 Å². The molecule has 1 fully saturated rings. The molecule has 20 heavy (non-hydrogen) atoms. The van der Waals surface area contributed by atoms with Crippen molar-refractivity contribution >= 4 is 16.9 Å². The highest BCUT2D eigenvalue weighted by Gasteiger charge is 2.20. The van der Waals surface area contributed by atoms with Gasteiger partial charge in [-0.1, -0.05) is 18.2 Å². The van der Waals surface area contributed by atoms with E-state index in [2.05, 4.69) is 17.4 Å². The van der Waals surface area contributed by atoms with E-state index in [1.165, 1.54) is 0 Å². The minimum atomic E-state index is 0.181. The van der Waals surface area contributed by atoms with Crippen molar-refractivity contribution in [2.24, 2.45) is 0 Å². The van der Waals surface area contributed by atoms with Crippen LogP contribution in [-0.2, 0) is 11.3 Å². The molecule has 2 aromatic rings. The zero-order valence-electron chi connectivity index (χ0n) is 11.8. The summed E-state index contributed by atoms with van der Waals surface area (Å²) < 4.78 is 5.79. The predicted molar refractivity (Wildman–Crippen MR) is 78.3 cm³/mol. The topological polar surface area (TPSA) is 45.5 Å². The number of hydrogen-bond donors (Lipinski definition) is 1. The molecule has 1 N–H and O–H groups in total. The first-order chi connectivity index (χ1) is 9.72. The van der Waals surface area contributed by atoms with E-state index >= 15 is 0 Å². The Labute approximate surface area is 118 Å². The summed E-state index contributed by atoms with van der Waals surface area (Å²) in [7, 11) is 0. The molecule has 1 aromatic heterocycles. The third kappa shape index (κ3) is 2.85. The molecule has 0 atom stereocenters. The quantitative estimate of drug-likeness (QED) is 0.934. The zero-order valence-corrected chi connectivity index (χ0v) is 11.8. The van der Waals surface area contributed by atoms with Crippen molar-refractivity contribution in [1.29, 1.82) is 0 Å². The molecule has 4 heteroatoms. The lowest BCUT2D eigenvalue weighted by Crippen LogP contribution is -2.43. The third-order valence-electron chi connectivity index (χ3n) is 3.98. The van der Waals surface area contributed by atoms with Crippen molar-refractivity contribution in [3.05, 3.63) is 36.1 Å². The lowest BCUT2D eigenvalue weighted by Gasteiger charge is -2.31. The van der Waals surface area contributed by atoms with E-state index in [4.69, 9.17) is 4.42 Å². The molecule has 4 nitrogen and oxygen atoms in total. The number of fused-ring (bicyclic) bond motifs is 1. The van der Waals surface area contributed by atoms with Crippen LogP contribution in [-0.4, -0.2) is 29.9 Å². The fourth-order valence-corrected chi connectivity index (χ4v) is 2.77. The van der Waals surface area contributed by atoms with E-state index in [1.54, 1.807) is 6.92 Å². The Kier molecular flexibility index (Phi) is 3.74. The van der Waals surface area contributed by atoms with Gasteiger partial charge in [-0.25, -0.2) is 0 Å². The van der Waals surface area contributed by atoms with Crippen LogP contribution in [0.2, 0.25) is 0 Å². The number of nitrogens with zero attached hydrogens (tertiary/aromatic N) is 1. The molecule has 106 valence electrons. The van der Waals surface area contributed by atoms with Gasteiger partial charge in [-0.2, -0.15) is 0 Å². The summed E-state index contributed by atoms with van der Waals surface area (Å²) in [5, 5.41) is 4.68. The first kappa shape index (κ1) is 13.2. The van der Waals surface area contributed by atoms with Gasteiger partial charge in [-0.3, -0.25) is 4.79 Å². The van der Waals surface area contributed by atoms with Crippen LogP contribution in [0.3, 0.4) is 0 Å². The highest BCUT2D eigenvalue weighted by Crippen LogP contribution is 2.19. The third-order valence-corrected chi connectivity index (χ3v) is 3.98. The van der Waals surface area contributed by atoms with Gasteiger partial charge in [0.1, 0.15) is 11.3 Å². The Morgan fingerprint density at radius 3 is 2.80 bits per heavy atom. The number of para-hydroxylation sites is 1. The second-order valence-electron chi connectivity index (χ2n) is 5.41. The number of carbonyl (C=O) groups is 1. The number of likely N-dealkylation sites (tertiary alicyclic amines) is 1. The summed E-state index contributed by atoms with van der Waals surface area (Å²) in [4.78, 5) is 13.2. The molecule has 1 saturated heterocycles. The smallest absolute Gasteiger partial charge is 0.219 e. The molecule has 1 amide bonds. The number of benzene rings is 1. The van der Waals surface area contributed by atoms with Gasteiger partial charge < -0.3 is 14.6 Å². The Hall–Kier alpha value is -1.81. The van der Waals surface area contributed by atoms with E-state index in [0.29, 0.717) is 6.04 Å². The number of rotatable bonds is 3. The fourth-order valence-electron chi connectivity index (χ4n) is 2.77. The lowest BCUT2D eigenvalue weighted by molar-refractivity contribution is -0.129. The molecular weight excluding hydrogens is 252 g/mol. The van der Waals surface area contributed by atoms with Crippen LogP contribution in [0.4, 0.5) is 0 Å². The van der Waals surface area contributed by atoms with Gasteiger partial charge >= 0.3 is 0 Å². The molecular formula is C16H20N2O2. The number of hydrogen-bond acceptors (Lipinski definition) is 3. The Morgan fingerprint density at radius 2 is 2.10 bits per heavy atom. The Balaban J connectivity index is 1.54. The highest BCUT2D eigenvalue weighted by atomic mass is 16.3. The maximum Gasteiger partial charge on any atom is 0.219 e. The highest BCUT2D eigenvalue weighted by molar-refractivity contribution is 5.77. The summed E-state index contributed by atoms with van der Waals surface area (Å²) >= 11 is 0. The van der Waals surface area contributed by atoms with Crippen LogP contribution in [0.5, 0.6) is 0 Å². The van der Waals surface area contributed by atoms with Gasteiger partial charge in [0.05, 0.1) is 6.54 Å². The molecule has 3 rings (SSSR count). The standard InChI is InChI=1S/C16H20N2O2/c1-12(19)18-8-6-14(7-9-18)17-11-15-10-13-4-2-3-5-16(13)20-15/h2-5,10,14,17H,6-9,11H2,1H3. The van der Waals surface area contributed by atoms with E-state index in [-0.39, 0.29) is 5.91 Å². The van der Waals surface area contributed by atoms with Gasteiger partial charge in [-0.15, -0.1) is 0 Å². The maximum absolute atomic E-state index is 11.3. The number of amides is 1. The minimum Gasteiger partial charge on any atom is -0.460 e. The van der Waals surface area contributed by atoms with Gasteiger partial charge in [-0.05, 0) is 25.0 Å². The molecule has 1 aliphatic rings. The summed E-state index contributed by atoms with van der Waals surface area (Å²) in [6, 6.07) is 10.6. The second kappa shape index (κ2) is 5.67. The number of piperidine rings is 1. The molecule has 1 aromatic carbocycles. The van der Waals surface area contributed by atoms with Crippen LogP contribution >= 0.6 is 0 Å². The van der Waals surface area contributed by atoms with Gasteiger partial charge in [0, 0.05) is 31.4 Å². The summed E-state index contributed by atoms with van der Waals surface area (Å²) in [5.74, 6) is 1.15. The second-order valence-corrected chi connectivity index (χ2v) is 5.41. The molecule has 0 radical (unpaired) electrons. The van der Waals surface area contributed by atoms with Crippen LogP contribution in [0.1, 0.15) is 25.5 Å². The van der Waals surface area contributed by atoms with Gasteiger partial charge in [0.2, 0.25) is 5.91 Å². The first-order valence-corrected chi connectivity index (χ1v) is 7.19. The largest absolute Gasteiger partial charge is 0.460 e. The Morgan fingerprint density at radius 1 is 1.35 bits per heavy atom. The minimum absolute atomic E-state index is 0.181. The monoisotopic (exact) mass is 272 g/mol. The van der Waals surface area contributed by atoms with Crippen molar-refractivity contribution in [3.8, 4) is 0 Å². The zero-order chi connectivity index (χ0) is 13.9. The van der Waals surface area contributed by atoms with Crippen LogP contribution in [0, 0.1) is 0 Å². The van der Waals surface area contributed by atoms with Crippen molar-refractivity contribution in [2.75, 3.05) is 13.1 Å². The average molecular weight is 272 g/mol. The van der Waals surface area contributed by atoms with Crippen molar-refractivity contribution in [2.45, 2.75) is 32.4 Å². The number of carbonyl (C=O) groups excluding carboxylic acids is 1. The summed E-state index contributed by atoms with van der Waals surface area (Å²) in [6.07, 6.45) is 2.03. The van der Waals surface area contributed by atoms with Crippen LogP contribution in [0.15, 0.2) is 34.7 Å². The predicted octanol–water partition coefficient (Wildman–Crippen LogP) is 2.53. The summed E-state index contributed by atoms with van der Waals surface area (Å²) in [5.41, 5.74) is 0.940. The van der Waals surface area contributed by atoms with E-state index in [9.17, 15) is 4.79 Å². The van der Waals surface area contributed by atoms with Crippen molar-refractivity contribution < 1.29 is 9.21 Å². The van der Waals surface area contributed by atoms with Gasteiger partial charge in [0.25, 0.3) is 0 Å². The van der Waals surface area contributed by atoms with E-state index in [1.807, 2.05) is 23.1 Å². The molecule has 2 heterocycles. The SMILES string of the molecule is CC(=O)N1CCC(NCc2cc3ccccc3o2)CC1. The number of nitrogens with one attached hydrogen (secondary N) is 1. The van der Waals surface area contributed by atoms with Crippen molar-refractivity contribution in [3.63, 3.8) is 0 Å². The van der Waals surface area contributed by atoms with E-state index < -0.39 is 0 Å². The first-order valence-electron chi connectivity index (χ1n) is 7.19. The maximum atomic E-state index is 11.3. The number of furan rings is 1. The van der Waals surface area contributed by atoms with Crippen LogP contribution < -0.4 is 5.32 Å². The molecule has 0 unspecified atom stereocenters. The normalized spacial score (nSPS) is 16.8. The molecule has 1 aliphatic heterocycles. The Bertz CT molecular complexity index is 564. The molecule has 0 bridgehead atoms. The van der Waals surface area contributed by atoms with Gasteiger partial charge in [0.15, 0.2) is 0 Å². The molecule has 0 saturated carbocycles. The summed E-state index contributed by atoms with van der Waals surface area (Å²) in [6.45, 7) is 4.10. The molecule has 0 spiro atoms. The lowest BCUT2D eigenvalue weighted by atomic mass is 10.1. The van der Waals surface area contributed by atoms with E-state index in [0.717, 1.165) is 49.2 Å². The average Bonchev–Trinajstić information content (AvgIpc) is 2.88.